The fraction of sp³-hybridized carbons (Fsp3) is 0.500. The van der Waals surface area contributed by atoms with Crippen molar-refractivity contribution in [2.24, 2.45) is 0 Å². The van der Waals surface area contributed by atoms with Gasteiger partial charge in [-0.25, -0.2) is 0 Å². The third-order valence-corrected chi connectivity index (χ3v) is 1.47. The number of carbonyl (C=O) groups is 2. The van der Waals surface area contributed by atoms with Crippen molar-refractivity contribution in [1.29, 1.82) is 0 Å². The van der Waals surface area contributed by atoms with Crippen LogP contribution in [0.4, 0.5) is 0 Å². The van der Waals surface area contributed by atoms with E-state index in [-0.39, 0.29) is 6.42 Å². The topological polar surface area (TPSA) is 34.1 Å². The summed E-state index contributed by atoms with van der Waals surface area (Å²) in [6.07, 6.45) is -0.217. The summed E-state index contributed by atoms with van der Waals surface area (Å²) >= 11 is 15.0. The average Bonchev–Trinajstić information content (AvgIpc) is 1.63. The van der Waals surface area contributed by atoms with Crippen molar-refractivity contribution in [3.8, 4) is 0 Å². The van der Waals surface area contributed by atoms with Gasteiger partial charge in [0.25, 0.3) is 0 Å². The summed E-state index contributed by atoms with van der Waals surface area (Å²) in [7, 11) is 0. The van der Waals surface area contributed by atoms with E-state index < -0.39 is 15.9 Å². The predicted octanol–water partition coefficient (Wildman–Crippen LogP) is 1.51. The minimum Gasteiger partial charge on any atom is -0.281 e. The maximum atomic E-state index is 10.1. The number of rotatable bonds is 3. The second-order valence-electron chi connectivity index (χ2n) is 1.33. The second kappa shape index (κ2) is 4.09. The van der Waals surface area contributed by atoms with E-state index in [0.717, 1.165) is 0 Å². The lowest BCUT2D eigenvalue weighted by Gasteiger charge is -1.95. The fourth-order valence-corrected chi connectivity index (χ4v) is 0.672. The monoisotopic (exact) mass is 188 g/mol. The Labute approximate surface area is 67.1 Å². The first kappa shape index (κ1) is 9.21. The molecule has 5 heteroatoms. The highest BCUT2D eigenvalue weighted by atomic mass is 35.5. The summed E-state index contributed by atoms with van der Waals surface area (Å²) in [6, 6.07) is 0. The van der Waals surface area contributed by atoms with Crippen molar-refractivity contribution < 1.29 is 9.59 Å². The molecule has 9 heavy (non-hydrogen) atoms. The molecule has 0 spiro atoms. The van der Waals surface area contributed by atoms with Gasteiger partial charge in [-0.15, -0.1) is 11.6 Å². The largest absolute Gasteiger partial charge is 0.281 e. The SMILES string of the molecule is O=C(Cl)C[C@@H](Cl)C(=O)Cl. The summed E-state index contributed by atoms with van der Waals surface area (Å²) in [5.41, 5.74) is 0. The molecule has 0 aliphatic rings. The van der Waals surface area contributed by atoms with Crippen LogP contribution in [0.25, 0.3) is 0 Å². The maximum Gasteiger partial charge on any atom is 0.240 e. The second-order valence-corrected chi connectivity index (χ2v) is 2.65. The summed E-state index contributed by atoms with van der Waals surface area (Å²) in [5, 5.41) is -2.41. The zero-order valence-electron chi connectivity index (χ0n) is 4.23. The van der Waals surface area contributed by atoms with Crippen molar-refractivity contribution in [1.82, 2.24) is 0 Å². The van der Waals surface area contributed by atoms with E-state index in [1.165, 1.54) is 0 Å². The van der Waals surface area contributed by atoms with Crippen molar-refractivity contribution in [3.05, 3.63) is 0 Å². The predicted molar refractivity (Wildman–Crippen MR) is 36.0 cm³/mol. The molecule has 1 atom stereocenters. The van der Waals surface area contributed by atoms with Crippen LogP contribution in [0.2, 0.25) is 0 Å². The summed E-state index contributed by atoms with van der Waals surface area (Å²) in [6.45, 7) is 0. The van der Waals surface area contributed by atoms with Gasteiger partial charge in [-0.05, 0) is 23.2 Å². The Morgan fingerprint density at radius 1 is 1.33 bits per heavy atom. The van der Waals surface area contributed by atoms with E-state index in [0.29, 0.717) is 0 Å². The number of hydrogen-bond donors (Lipinski definition) is 0. The van der Waals surface area contributed by atoms with Crippen LogP contribution in [-0.4, -0.2) is 15.9 Å². The highest BCUT2D eigenvalue weighted by molar-refractivity contribution is 6.70. The summed E-state index contributed by atoms with van der Waals surface area (Å²) in [5.74, 6) is 0. The molecular weight excluding hydrogens is 186 g/mol. The smallest absolute Gasteiger partial charge is 0.240 e. The van der Waals surface area contributed by atoms with E-state index in [9.17, 15) is 9.59 Å². The summed E-state index contributed by atoms with van der Waals surface area (Å²) in [4.78, 5) is 20.1. The molecule has 52 valence electrons. The van der Waals surface area contributed by atoms with Gasteiger partial charge in [-0.2, -0.15) is 0 Å². The molecule has 0 fully saturated rings. The molecule has 0 aliphatic heterocycles. The number of carbonyl (C=O) groups excluding carboxylic acids is 2. The van der Waals surface area contributed by atoms with Crippen molar-refractivity contribution in [2.75, 3.05) is 0 Å². The van der Waals surface area contributed by atoms with Gasteiger partial charge in [-0.3, -0.25) is 9.59 Å². The Bertz CT molecular complexity index is 134. The molecule has 0 saturated heterocycles. The molecule has 0 heterocycles. The van der Waals surface area contributed by atoms with Gasteiger partial charge in [0.2, 0.25) is 10.5 Å². The number of hydrogen-bond acceptors (Lipinski definition) is 2. The third kappa shape index (κ3) is 4.70. The van der Waals surface area contributed by atoms with E-state index in [1.807, 2.05) is 0 Å². The molecule has 0 bridgehead atoms. The quantitative estimate of drug-likeness (QED) is 0.498. The van der Waals surface area contributed by atoms with Crippen LogP contribution in [0.1, 0.15) is 6.42 Å². The molecule has 0 aromatic carbocycles. The van der Waals surface area contributed by atoms with Crippen LogP contribution in [-0.2, 0) is 9.59 Å². The number of halogens is 3. The van der Waals surface area contributed by atoms with Crippen LogP contribution in [0.3, 0.4) is 0 Å². The van der Waals surface area contributed by atoms with Gasteiger partial charge in [0.1, 0.15) is 5.38 Å². The van der Waals surface area contributed by atoms with Gasteiger partial charge in [0.05, 0.1) is 0 Å². The molecule has 0 rings (SSSR count). The van der Waals surface area contributed by atoms with Crippen LogP contribution in [0.5, 0.6) is 0 Å². The first-order valence-electron chi connectivity index (χ1n) is 2.05. The van der Waals surface area contributed by atoms with Gasteiger partial charge >= 0.3 is 0 Å². The van der Waals surface area contributed by atoms with Crippen molar-refractivity contribution >= 4 is 45.3 Å². The molecule has 0 amide bonds. The Morgan fingerprint density at radius 2 is 1.78 bits per heavy atom. The van der Waals surface area contributed by atoms with Crippen molar-refractivity contribution in [3.63, 3.8) is 0 Å². The maximum absolute atomic E-state index is 10.1. The zero-order valence-corrected chi connectivity index (χ0v) is 6.50. The Balaban J connectivity index is 3.63. The van der Waals surface area contributed by atoms with Gasteiger partial charge in [-0.1, -0.05) is 0 Å². The zero-order chi connectivity index (χ0) is 7.44. The fourth-order valence-electron chi connectivity index (χ4n) is 0.221. The lowest BCUT2D eigenvalue weighted by molar-refractivity contribution is -0.116. The number of alkyl halides is 1. The van der Waals surface area contributed by atoms with Crippen LogP contribution in [0.15, 0.2) is 0 Å². The lowest BCUT2D eigenvalue weighted by atomic mass is 10.3. The van der Waals surface area contributed by atoms with Crippen LogP contribution < -0.4 is 0 Å². The molecule has 0 aliphatic carbocycles. The molecule has 0 saturated carbocycles. The molecule has 0 N–H and O–H groups in total. The first-order chi connectivity index (χ1) is 4.04. The van der Waals surface area contributed by atoms with E-state index in [1.54, 1.807) is 0 Å². The third-order valence-electron chi connectivity index (χ3n) is 0.586. The standard InChI is InChI=1S/C4H3Cl3O2/c5-2(4(7)9)1-3(6)8/h2H,1H2/t2-/m1/s1. The molecule has 2 nitrogen and oxygen atoms in total. The minimum absolute atomic E-state index is 0.217. The molecule has 0 aromatic heterocycles. The average molecular weight is 189 g/mol. The van der Waals surface area contributed by atoms with Crippen LogP contribution >= 0.6 is 34.8 Å². The van der Waals surface area contributed by atoms with Crippen molar-refractivity contribution in [2.45, 2.75) is 11.8 Å². The summed E-state index contributed by atoms with van der Waals surface area (Å²) < 4.78 is 0. The van der Waals surface area contributed by atoms with Gasteiger partial charge < -0.3 is 0 Å². The van der Waals surface area contributed by atoms with Gasteiger partial charge in [0.15, 0.2) is 0 Å². The highest BCUT2D eigenvalue weighted by Gasteiger charge is 2.14. The normalized spacial score (nSPS) is 12.8. The molecule has 0 radical (unpaired) electrons. The van der Waals surface area contributed by atoms with Crippen LogP contribution in [0, 0.1) is 0 Å². The van der Waals surface area contributed by atoms with E-state index >= 15 is 0 Å². The molecular formula is C4H3Cl3O2. The lowest BCUT2D eigenvalue weighted by Crippen LogP contribution is -2.10. The highest BCUT2D eigenvalue weighted by Crippen LogP contribution is 2.07. The minimum atomic E-state index is -0.989. The first-order valence-corrected chi connectivity index (χ1v) is 3.25. The Hall–Kier alpha value is 0.210. The Morgan fingerprint density at radius 3 is 1.89 bits per heavy atom. The van der Waals surface area contributed by atoms with E-state index in [4.69, 9.17) is 34.8 Å². The molecule has 0 aromatic rings. The Kier molecular flexibility index (Phi) is 4.19. The van der Waals surface area contributed by atoms with Gasteiger partial charge in [0, 0.05) is 6.42 Å². The molecule has 0 unspecified atom stereocenters. The van der Waals surface area contributed by atoms with E-state index in [2.05, 4.69) is 0 Å².